The molecule has 0 atom stereocenters. The van der Waals surface area contributed by atoms with Crippen LogP contribution in [0.3, 0.4) is 0 Å². The van der Waals surface area contributed by atoms with E-state index in [-0.39, 0.29) is 5.54 Å². The van der Waals surface area contributed by atoms with E-state index in [1.54, 1.807) is 6.20 Å². The van der Waals surface area contributed by atoms with Crippen LogP contribution in [0.15, 0.2) is 34.9 Å². The van der Waals surface area contributed by atoms with Crippen molar-refractivity contribution in [2.24, 2.45) is 0 Å². The standard InChI is InChI=1S/C15H19IN2O/c1-15(2,3)18-8-7-14-17-10-13(19-14)11-5-4-6-12(16)9-11/h4-6,9-10,18H,7-8H2,1-3H3. The number of rotatable bonds is 4. The molecule has 3 nitrogen and oxygen atoms in total. The fourth-order valence-corrected chi connectivity index (χ4v) is 2.29. The fraction of sp³-hybridized carbons (Fsp3) is 0.400. The Hall–Kier alpha value is -0.880. The molecule has 0 unspecified atom stereocenters. The molecule has 0 radical (unpaired) electrons. The number of hydrogen-bond donors (Lipinski definition) is 1. The minimum atomic E-state index is 0.130. The van der Waals surface area contributed by atoms with Crippen molar-refractivity contribution in [2.45, 2.75) is 32.7 Å². The lowest BCUT2D eigenvalue weighted by Gasteiger charge is -2.19. The van der Waals surface area contributed by atoms with Gasteiger partial charge in [-0.05, 0) is 55.5 Å². The van der Waals surface area contributed by atoms with Crippen LogP contribution in [-0.4, -0.2) is 17.1 Å². The predicted octanol–water partition coefficient (Wildman–Crippen LogP) is 3.88. The van der Waals surface area contributed by atoms with Gasteiger partial charge in [0.05, 0.1) is 6.20 Å². The Bertz CT molecular complexity index is 543. The van der Waals surface area contributed by atoms with Crippen LogP contribution in [0.1, 0.15) is 26.7 Å². The Morgan fingerprint density at radius 3 is 2.79 bits per heavy atom. The zero-order chi connectivity index (χ0) is 13.9. The molecule has 0 amide bonds. The molecule has 1 N–H and O–H groups in total. The fourth-order valence-electron chi connectivity index (χ4n) is 1.75. The minimum absolute atomic E-state index is 0.130. The van der Waals surface area contributed by atoms with Gasteiger partial charge in [-0.1, -0.05) is 12.1 Å². The van der Waals surface area contributed by atoms with Crippen molar-refractivity contribution in [1.29, 1.82) is 0 Å². The summed E-state index contributed by atoms with van der Waals surface area (Å²) in [5, 5.41) is 3.43. The third-order valence-electron chi connectivity index (χ3n) is 2.66. The first kappa shape index (κ1) is 14.5. The smallest absolute Gasteiger partial charge is 0.196 e. The highest BCUT2D eigenvalue weighted by Gasteiger charge is 2.10. The lowest BCUT2D eigenvalue weighted by atomic mass is 10.1. The highest BCUT2D eigenvalue weighted by atomic mass is 127. The normalized spacial score (nSPS) is 11.8. The van der Waals surface area contributed by atoms with Gasteiger partial charge in [-0.3, -0.25) is 0 Å². The zero-order valence-electron chi connectivity index (χ0n) is 11.5. The minimum Gasteiger partial charge on any atom is -0.441 e. The number of hydrogen-bond acceptors (Lipinski definition) is 3. The van der Waals surface area contributed by atoms with Gasteiger partial charge in [0.2, 0.25) is 0 Å². The molecule has 1 heterocycles. The van der Waals surface area contributed by atoms with E-state index in [1.165, 1.54) is 3.57 Å². The quantitative estimate of drug-likeness (QED) is 0.831. The first-order valence-corrected chi connectivity index (χ1v) is 7.47. The van der Waals surface area contributed by atoms with Gasteiger partial charge in [0.25, 0.3) is 0 Å². The van der Waals surface area contributed by atoms with Crippen molar-refractivity contribution in [1.82, 2.24) is 10.3 Å². The van der Waals surface area contributed by atoms with Crippen molar-refractivity contribution in [2.75, 3.05) is 6.54 Å². The van der Waals surface area contributed by atoms with E-state index >= 15 is 0 Å². The zero-order valence-corrected chi connectivity index (χ0v) is 13.7. The number of oxazole rings is 1. The van der Waals surface area contributed by atoms with E-state index in [0.717, 1.165) is 30.2 Å². The van der Waals surface area contributed by atoms with Gasteiger partial charge in [-0.15, -0.1) is 0 Å². The maximum absolute atomic E-state index is 5.78. The van der Waals surface area contributed by atoms with E-state index < -0.39 is 0 Å². The lowest BCUT2D eigenvalue weighted by molar-refractivity contribution is 0.412. The van der Waals surface area contributed by atoms with Crippen LogP contribution in [0, 0.1) is 3.57 Å². The van der Waals surface area contributed by atoms with E-state index in [1.807, 2.05) is 12.1 Å². The molecule has 0 bridgehead atoms. The number of nitrogens with zero attached hydrogens (tertiary/aromatic N) is 1. The van der Waals surface area contributed by atoms with E-state index in [0.29, 0.717) is 0 Å². The summed E-state index contributed by atoms with van der Waals surface area (Å²) in [5.41, 5.74) is 1.21. The monoisotopic (exact) mass is 370 g/mol. The Kier molecular flexibility index (Phi) is 4.62. The average Bonchev–Trinajstić information content (AvgIpc) is 2.76. The van der Waals surface area contributed by atoms with Crippen molar-refractivity contribution in [3.05, 3.63) is 39.9 Å². The molecule has 4 heteroatoms. The van der Waals surface area contributed by atoms with Crippen molar-refractivity contribution >= 4 is 22.6 Å². The second-order valence-corrected chi connectivity index (χ2v) is 6.80. The molecular formula is C15H19IN2O. The van der Waals surface area contributed by atoms with Crippen molar-refractivity contribution in [3.8, 4) is 11.3 Å². The number of benzene rings is 1. The first-order chi connectivity index (χ1) is 8.94. The molecule has 2 aromatic rings. The van der Waals surface area contributed by atoms with Gasteiger partial charge in [0.1, 0.15) is 0 Å². The molecule has 102 valence electrons. The average molecular weight is 370 g/mol. The van der Waals surface area contributed by atoms with Crippen LogP contribution in [0.25, 0.3) is 11.3 Å². The van der Waals surface area contributed by atoms with Crippen LogP contribution in [-0.2, 0) is 6.42 Å². The Morgan fingerprint density at radius 2 is 2.11 bits per heavy atom. The van der Waals surface area contributed by atoms with Gasteiger partial charge in [0.15, 0.2) is 11.7 Å². The SMILES string of the molecule is CC(C)(C)NCCc1ncc(-c2cccc(I)c2)o1. The summed E-state index contributed by atoms with van der Waals surface area (Å²) in [6, 6.07) is 8.23. The third-order valence-corrected chi connectivity index (χ3v) is 3.33. The molecule has 1 aromatic carbocycles. The van der Waals surface area contributed by atoms with Crippen LogP contribution in [0.5, 0.6) is 0 Å². The summed E-state index contributed by atoms with van der Waals surface area (Å²) in [6.07, 6.45) is 2.61. The van der Waals surface area contributed by atoms with Crippen LogP contribution < -0.4 is 5.32 Å². The molecule has 19 heavy (non-hydrogen) atoms. The summed E-state index contributed by atoms with van der Waals surface area (Å²) in [5.74, 6) is 1.62. The second kappa shape index (κ2) is 6.05. The Balaban J connectivity index is 1.99. The maximum atomic E-state index is 5.78. The number of nitrogens with one attached hydrogen (secondary N) is 1. The molecule has 0 aliphatic rings. The van der Waals surface area contributed by atoms with Crippen LogP contribution in [0.2, 0.25) is 0 Å². The molecule has 0 spiro atoms. The molecule has 0 aliphatic heterocycles. The second-order valence-electron chi connectivity index (χ2n) is 5.56. The Morgan fingerprint density at radius 1 is 1.32 bits per heavy atom. The van der Waals surface area contributed by atoms with Gasteiger partial charge in [-0.2, -0.15) is 0 Å². The molecule has 0 aliphatic carbocycles. The van der Waals surface area contributed by atoms with Crippen molar-refractivity contribution in [3.63, 3.8) is 0 Å². The third kappa shape index (κ3) is 4.62. The highest BCUT2D eigenvalue weighted by molar-refractivity contribution is 14.1. The summed E-state index contributed by atoms with van der Waals surface area (Å²) in [6.45, 7) is 7.33. The Labute approximate surface area is 128 Å². The van der Waals surface area contributed by atoms with Gasteiger partial charge >= 0.3 is 0 Å². The topological polar surface area (TPSA) is 38.1 Å². The van der Waals surface area contributed by atoms with Crippen LogP contribution >= 0.6 is 22.6 Å². The summed E-state index contributed by atoms with van der Waals surface area (Å²) < 4.78 is 6.98. The summed E-state index contributed by atoms with van der Waals surface area (Å²) >= 11 is 2.30. The van der Waals surface area contributed by atoms with E-state index in [2.05, 4.69) is 65.8 Å². The lowest BCUT2D eigenvalue weighted by Crippen LogP contribution is -2.37. The number of aromatic nitrogens is 1. The molecule has 0 fully saturated rings. The van der Waals surface area contributed by atoms with Gasteiger partial charge in [-0.25, -0.2) is 4.98 Å². The highest BCUT2D eigenvalue weighted by Crippen LogP contribution is 2.22. The largest absolute Gasteiger partial charge is 0.441 e. The van der Waals surface area contributed by atoms with Crippen LogP contribution in [0.4, 0.5) is 0 Å². The van der Waals surface area contributed by atoms with Gasteiger partial charge < -0.3 is 9.73 Å². The number of halogens is 1. The molecule has 0 saturated carbocycles. The van der Waals surface area contributed by atoms with Crippen molar-refractivity contribution < 1.29 is 4.42 Å². The maximum Gasteiger partial charge on any atom is 0.196 e. The predicted molar refractivity (Wildman–Crippen MR) is 86.1 cm³/mol. The summed E-state index contributed by atoms with van der Waals surface area (Å²) in [4.78, 5) is 4.33. The van der Waals surface area contributed by atoms with Gasteiger partial charge in [0, 0.05) is 27.6 Å². The molecule has 1 aromatic heterocycles. The first-order valence-electron chi connectivity index (χ1n) is 6.40. The summed E-state index contributed by atoms with van der Waals surface area (Å²) in [7, 11) is 0. The molecule has 0 saturated heterocycles. The molecule has 2 rings (SSSR count). The molecular weight excluding hydrogens is 351 g/mol. The van der Waals surface area contributed by atoms with E-state index in [4.69, 9.17) is 4.42 Å². The van der Waals surface area contributed by atoms with E-state index in [9.17, 15) is 0 Å².